The van der Waals surface area contributed by atoms with Crippen LogP contribution in [0.4, 0.5) is 5.69 Å². The van der Waals surface area contributed by atoms with Crippen LogP contribution in [0.5, 0.6) is 5.75 Å². The molecule has 0 saturated heterocycles. The first-order valence-corrected chi connectivity index (χ1v) is 8.93. The number of fused-ring (bicyclic) bond motifs is 1. The van der Waals surface area contributed by atoms with Gasteiger partial charge in [-0.15, -0.1) is 0 Å². The van der Waals surface area contributed by atoms with Gasteiger partial charge in [-0.25, -0.2) is 0 Å². The van der Waals surface area contributed by atoms with Gasteiger partial charge in [0.1, 0.15) is 5.75 Å². The Morgan fingerprint density at radius 3 is 2.77 bits per heavy atom. The average molecular weight is 355 g/mol. The highest BCUT2D eigenvalue weighted by Crippen LogP contribution is 2.38. The van der Waals surface area contributed by atoms with Crippen LogP contribution in [0.15, 0.2) is 36.0 Å². The molecule has 1 heterocycles. The van der Waals surface area contributed by atoms with E-state index in [9.17, 15) is 4.79 Å². The predicted molar refractivity (Wildman–Crippen MR) is 108 cm³/mol. The standard InChI is InChI=1S/C21H29N3O2/c1-6-7-8-11-21(2,3)20(22)19(23-4)16-13-18(25)24-17-10-9-14(26-5)12-15(16)17/h6-7,9-10,12,22-23H,8,11,13H2,1-5H3,(H,24,25)/b7-6-,19-16+,22-20?. The van der Waals surface area contributed by atoms with E-state index in [0.29, 0.717) is 5.71 Å². The van der Waals surface area contributed by atoms with Crippen molar-refractivity contribution in [3.05, 3.63) is 41.6 Å². The van der Waals surface area contributed by atoms with Crippen LogP contribution in [0.1, 0.15) is 45.6 Å². The Labute approximate surface area is 156 Å². The minimum absolute atomic E-state index is 0.0649. The SMILES string of the molecule is C/C=C\CCC(C)(C)C(=N)/C(NC)=C1/CC(=O)Nc2ccc(OC)cc21. The number of carbonyl (C=O) groups excluding carboxylic acids is 1. The molecule has 0 fully saturated rings. The Bertz CT molecular complexity index is 761. The van der Waals surface area contributed by atoms with E-state index in [1.807, 2.05) is 38.2 Å². The van der Waals surface area contributed by atoms with Gasteiger partial charge in [-0.3, -0.25) is 4.79 Å². The van der Waals surface area contributed by atoms with Crippen LogP contribution in [0.2, 0.25) is 0 Å². The van der Waals surface area contributed by atoms with Crippen molar-refractivity contribution in [3.8, 4) is 5.75 Å². The van der Waals surface area contributed by atoms with E-state index in [4.69, 9.17) is 10.1 Å². The minimum atomic E-state index is -0.308. The summed E-state index contributed by atoms with van der Waals surface area (Å²) < 4.78 is 5.35. The Morgan fingerprint density at radius 2 is 2.15 bits per heavy atom. The molecule has 0 unspecified atom stereocenters. The number of anilines is 1. The Morgan fingerprint density at radius 1 is 1.42 bits per heavy atom. The van der Waals surface area contributed by atoms with E-state index in [1.54, 1.807) is 7.11 Å². The van der Waals surface area contributed by atoms with Gasteiger partial charge in [0.05, 0.1) is 24.9 Å². The van der Waals surface area contributed by atoms with Crippen LogP contribution in [0, 0.1) is 10.8 Å². The van der Waals surface area contributed by atoms with Crippen LogP contribution >= 0.6 is 0 Å². The molecule has 1 aromatic carbocycles. The summed E-state index contributed by atoms with van der Waals surface area (Å²) in [5, 5.41) is 14.9. The molecule has 140 valence electrons. The number of ether oxygens (including phenoxy) is 1. The summed E-state index contributed by atoms with van der Waals surface area (Å²) in [6.07, 6.45) is 6.18. The lowest BCUT2D eigenvalue weighted by molar-refractivity contribution is -0.115. The smallest absolute Gasteiger partial charge is 0.228 e. The van der Waals surface area contributed by atoms with Crippen LogP contribution in [-0.2, 0) is 4.79 Å². The molecule has 5 heteroatoms. The summed E-state index contributed by atoms with van der Waals surface area (Å²) in [5.41, 5.74) is 3.43. The van der Waals surface area contributed by atoms with E-state index in [-0.39, 0.29) is 17.7 Å². The summed E-state index contributed by atoms with van der Waals surface area (Å²) in [5.74, 6) is 0.664. The zero-order chi connectivity index (χ0) is 19.3. The van der Waals surface area contributed by atoms with Crippen molar-refractivity contribution in [2.75, 3.05) is 19.5 Å². The molecule has 5 nitrogen and oxygen atoms in total. The van der Waals surface area contributed by atoms with Crippen molar-refractivity contribution in [3.63, 3.8) is 0 Å². The third kappa shape index (κ3) is 4.15. The van der Waals surface area contributed by atoms with Crippen molar-refractivity contribution in [2.45, 2.75) is 40.0 Å². The van der Waals surface area contributed by atoms with Gasteiger partial charge < -0.3 is 20.8 Å². The molecule has 0 radical (unpaired) electrons. The lowest BCUT2D eigenvalue weighted by Crippen LogP contribution is -2.32. The first-order valence-electron chi connectivity index (χ1n) is 8.93. The van der Waals surface area contributed by atoms with Crippen molar-refractivity contribution in [1.82, 2.24) is 5.32 Å². The van der Waals surface area contributed by atoms with Crippen LogP contribution < -0.4 is 15.4 Å². The van der Waals surface area contributed by atoms with E-state index >= 15 is 0 Å². The third-order valence-corrected chi connectivity index (χ3v) is 4.81. The highest BCUT2D eigenvalue weighted by molar-refractivity contribution is 6.13. The van der Waals surface area contributed by atoms with Crippen LogP contribution in [0.3, 0.4) is 0 Å². The zero-order valence-electron chi connectivity index (χ0n) is 16.3. The molecule has 0 bridgehead atoms. The molecule has 0 aliphatic carbocycles. The van der Waals surface area contributed by atoms with E-state index in [1.165, 1.54) is 0 Å². The average Bonchev–Trinajstić information content (AvgIpc) is 2.61. The molecule has 0 saturated carbocycles. The highest BCUT2D eigenvalue weighted by Gasteiger charge is 2.30. The number of hydrogen-bond acceptors (Lipinski definition) is 4. The summed E-state index contributed by atoms with van der Waals surface area (Å²) >= 11 is 0. The molecule has 0 aromatic heterocycles. The Kier molecular flexibility index (Phi) is 6.24. The number of benzene rings is 1. The molecule has 0 spiro atoms. The van der Waals surface area contributed by atoms with Gasteiger partial charge in [0, 0.05) is 23.7 Å². The van der Waals surface area contributed by atoms with Crippen molar-refractivity contribution < 1.29 is 9.53 Å². The maximum atomic E-state index is 12.2. The van der Waals surface area contributed by atoms with Gasteiger partial charge in [0.2, 0.25) is 5.91 Å². The number of rotatable bonds is 7. The quantitative estimate of drug-likeness (QED) is 0.502. The van der Waals surface area contributed by atoms with E-state index in [0.717, 1.165) is 41.1 Å². The second-order valence-corrected chi connectivity index (χ2v) is 7.11. The van der Waals surface area contributed by atoms with E-state index in [2.05, 4.69) is 30.6 Å². The Balaban J connectivity index is 2.51. The fourth-order valence-electron chi connectivity index (χ4n) is 3.18. The van der Waals surface area contributed by atoms with Crippen molar-refractivity contribution in [2.24, 2.45) is 5.41 Å². The molecule has 1 aliphatic rings. The molecule has 26 heavy (non-hydrogen) atoms. The molecular formula is C21H29N3O2. The molecule has 1 amide bonds. The molecule has 1 aromatic rings. The van der Waals surface area contributed by atoms with Gasteiger partial charge in [0.25, 0.3) is 0 Å². The maximum absolute atomic E-state index is 12.2. The number of allylic oxidation sites excluding steroid dienone is 3. The predicted octanol–water partition coefficient (Wildman–Crippen LogP) is 4.37. The second kappa shape index (κ2) is 8.21. The van der Waals surface area contributed by atoms with Crippen molar-refractivity contribution in [1.29, 1.82) is 5.41 Å². The largest absolute Gasteiger partial charge is 0.497 e. The number of carbonyl (C=O) groups is 1. The van der Waals surface area contributed by atoms with Gasteiger partial charge in [-0.2, -0.15) is 0 Å². The van der Waals surface area contributed by atoms with Crippen molar-refractivity contribution >= 4 is 22.9 Å². The summed E-state index contributed by atoms with van der Waals surface area (Å²) in [6, 6.07) is 5.59. The number of nitrogens with one attached hydrogen (secondary N) is 3. The minimum Gasteiger partial charge on any atom is -0.497 e. The molecule has 0 atom stereocenters. The van der Waals surface area contributed by atoms with Gasteiger partial charge >= 0.3 is 0 Å². The fraction of sp³-hybridized carbons (Fsp3) is 0.429. The summed E-state index contributed by atoms with van der Waals surface area (Å²) in [7, 11) is 3.43. The molecule has 1 aliphatic heterocycles. The molecule has 3 N–H and O–H groups in total. The normalized spacial score (nSPS) is 16.1. The topological polar surface area (TPSA) is 74.2 Å². The maximum Gasteiger partial charge on any atom is 0.228 e. The van der Waals surface area contributed by atoms with Crippen LogP contribution in [0.25, 0.3) is 5.57 Å². The monoisotopic (exact) mass is 355 g/mol. The van der Waals surface area contributed by atoms with Gasteiger partial charge in [0.15, 0.2) is 0 Å². The number of methoxy groups -OCH3 is 1. The fourth-order valence-corrected chi connectivity index (χ4v) is 3.18. The lowest BCUT2D eigenvalue weighted by atomic mass is 9.79. The van der Waals surface area contributed by atoms with E-state index < -0.39 is 0 Å². The first-order chi connectivity index (χ1) is 12.3. The van der Waals surface area contributed by atoms with Gasteiger partial charge in [-0.1, -0.05) is 26.0 Å². The second-order valence-electron chi connectivity index (χ2n) is 7.11. The first kappa shape index (κ1) is 19.8. The third-order valence-electron chi connectivity index (χ3n) is 4.81. The Hall–Kier alpha value is -2.56. The summed E-state index contributed by atoms with van der Waals surface area (Å²) in [4.78, 5) is 12.2. The number of amides is 1. The van der Waals surface area contributed by atoms with Crippen LogP contribution in [-0.4, -0.2) is 25.8 Å². The zero-order valence-corrected chi connectivity index (χ0v) is 16.3. The number of hydrogen-bond donors (Lipinski definition) is 3. The summed E-state index contributed by atoms with van der Waals surface area (Å²) in [6.45, 7) is 6.16. The van der Waals surface area contributed by atoms with Gasteiger partial charge in [-0.05, 0) is 43.5 Å². The highest BCUT2D eigenvalue weighted by atomic mass is 16.5. The lowest BCUT2D eigenvalue weighted by Gasteiger charge is -2.30. The molecular weight excluding hydrogens is 326 g/mol. The molecule has 2 rings (SSSR count).